The molecular weight excluding hydrogens is 319 g/mol. The maximum atomic E-state index is 13.2. The number of carbonyl (C=O) groups excluding carboxylic acids is 2. The first-order chi connectivity index (χ1) is 12.1. The molecule has 4 nitrogen and oxygen atoms in total. The SMILES string of the molecule is CNC(=O)/C(=C(\C=O)c1ccc(F)cc1)c1c(C)[nH]c2ccccc12. The number of aromatic nitrogens is 1. The number of hydrogen-bond acceptors (Lipinski definition) is 2. The molecule has 1 amide bonds. The molecule has 2 aromatic carbocycles. The summed E-state index contributed by atoms with van der Waals surface area (Å²) in [4.78, 5) is 27.7. The third kappa shape index (κ3) is 2.96. The number of aryl methyl sites for hydroxylation is 1. The summed E-state index contributed by atoms with van der Waals surface area (Å²) in [6, 6.07) is 13.1. The van der Waals surface area contributed by atoms with Gasteiger partial charge in [0.1, 0.15) is 5.82 Å². The van der Waals surface area contributed by atoms with Crippen LogP contribution >= 0.6 is 0 Å². The van der Waals surface area contributed by atoms with Crippen LogP contribution in [-0.4, -0.2) is 24.2 Å². The monoisotopic (exact) mass is 336 g/mol. The van der Waals surface area contributed by atoms with Crippen LogP contribution in [0.3, 0.4) is 0 Å². The minimum atomic E-state index is -0.404. The van der Waals surface area contributed by atoms with E-state index < -0.39 is 5.82 Å². The number of nitrogens with one attached hydrogen (secondary N) is 2. The molecule has 5 heteroatoms. The molecule has 0 saturated carbocycles. The van der Waals surface area contributed by atoms with Crippen molar-refractivity contribution in [3.8, 4) is 0 Å². The minimum Gasteiger partial charge on any atom is -0.358 e. The van der Waals surface area contributed by atoms with Gasteiger partial charge in [-0.05, 0) is 30.7 Å². The number of likely N-dealkylation sites (N-methyl/N-ethyl adjacent to an activating group) is 1. The van der Waals surface area contributed by atoms with E-state index in [0.717, 1.165) is 16.6 Å². The van der Waals surface area contributed by atoms with Gasteiger partial charge < -0.3 is 10.3 Å². The number of allylic oxidation sites excluding steroid dienone is 1. The van der Waals surface area contributed by atoms with Crippen LogP contribution in [0.1, 0.15) is 16.8 Å². The predicted molar refractivity (Wildman–Crippen MR) is 96.4 cm³/mol. The van der Waals surface area contributed by atoms with E-state index in [1.807, 2.05) is 31.2 Å². The molecule has 25 heavy (non-hydrogen) atoms. The Kier molecular flexibility index (Phi) is 4.48. The molecule has 0 atom stereocenters. The molecule has 3 rings (SSSR count). The molecule has 0 unspecified atom stereocenters. The van der Waals surface area contributed by atoms with Crippen molar-refractivity contribution in [3.63, 3.8) is 0 Å². The zero-order valence-corrected chi connectivity index (χ0v) is 13.9. The molecule has 0 saturated heterocycles. The van der Waals surface area contributed by atoms with E-state index in [1.54, 1.807) is 0 Å². The van der Waals surface area contributed by atoms with Gasteiger partial charge in [0.2, 0.25) is 0 Å². The summed E-state index contributed by atoms with van der Waals surface area (Å²) in [7, 11) is 1.51. The van der Waals surface area contributed by atoms with Crippen molar-refractivity contribution in [2.75, 3.05) is 7.05 Å². The molecule has 0 radical (unpaired) electrons. The van der Waals surface area contributed by atoms with E-state index in [9.17, 15) is 14.0 Å². The first-order valence-corrected chi connectivity index (χ1v) is 7.82. The number of rotatable bonds is 4. The molecule has 0 bridgehead atoms. The molecule has 2 N–H and O–H groups in total. The number of amides is 1. The minimum absolute atomic E-state index is 0.215. The van der Waals surface area contributed by atoms with Crippen molar-refractivity contribution >= 4 is 34.2 Å². The average Bonchev–Trinajstić information content (AvgIpc) is 2.95. The summed E-state index contributed by atoms with van der Waals surface area (Å²) in [6.07, 6.45) is 0.638. The van der Waals surface area contributed by atoms with Gasteiger partial charge in [0.15, 0.2) is 6.29 Å². The van der Waals surface area contributed by atoms with Gasteiger partial charge in [-0.25, -0.2) is 4.39 Å². The Morgan fingerprint density at radius 3 is 2.44 bits per heavy atom. The summed E-state index contributed by atoms with van der Waals surface area (Å²) in [5.74, 6) is -0.780. The number of H-pyrrole nitrogens is 1. The standard InChI is InChI=1S/C20H17FN2O2/c1-12-18(15-5-3-4-6-17(15)23-12)19(20(25)22-2)16(11-24)13-7-9-14(21)10-8-13/h3-11,23H,1-2H3,(H,22,25)/b19-16+. The second kappa shape index (κ2) is 6.73. The Bertz CT molecular complexity index is 985. The summed E-state index contributed by atoms with van der Waals surface area (Å²) >= 11 is 0. The van der Waals surface area contributed by atoms with Crippen molar-refractivity contribution in [1.82, 2.24) is 10.3 Å². The Morgan fingerprint density at radius 1 is 1.12 bits per heavy atom. The fourth-order valence-electron chi connectivity index (χ4n) is 3.00. The van der Waals surface area contributed by atoms with E-state index in [4.69, 9.17) is 0 Å². The zero-order valence-electron chi connectivity index (χ0n) is 13.9. The highest BCUT2D eigenvalue weighted by Crippen LogP contribution is 2.33. The van der Waals surface area contributed by atoms with E-state index in [1.165, 1.54) is 31.3 Å². The number of aldehydes is 1. The Balaban J connectivity index is 2.37. The Hall–Kier alpha value is -3.21. The fourth-order valence-corrected chi connectivity index (χ4v) is 3.00. The molecule has 3 aromatic rings. The Labute approximate surface area is 144 Å². The number of halogens is 1. The number of aromatic amines is 1. The lowest BCUT2D eigenvalue weighted by Gasteiger charge is -2.12. The lowest BCUT2D eigenvalue weighted by Crippen LogP contribution is -2.21. The van der Waals surface area contributed by atoms with E-state index >= 15 is 0 Å². The average molecular weight is 336 g/mol. The van der Waals surface area contributed by atoms with E-state index in [-0.39, 0.29) is 17.1 Å². The van der Waals surface area contributed by atoms with Crippen molar-refractivity contribution in [2.24, 2.45) is 0 Å². The fraction of sp³-hybridized carbons (Fsp3) is 0.100. The normalized spacial score (nSPS) is 12.0. The van der Waals surface area contributed by atoms with Crippen molar-refractivity contribution in [2.45, 2.75) is 6.92 Å². The second-order valence-corrected chi connectivity index (χ2v) is 5.66. The number of benzene rings is 2. The highest BCUT2D eigenvalue weighted by atomic mass is 19.1. The van der Waals surface area contributed by atoms with Gasteiger partial charge in [-0.2, -0.15) is 0 Å². The maximum Gasteiger partial charge on any atom is 0.252 e. The van der Waals surface area contributed by atoms with Crippen LogP contribution in [0.4, 0.5) is 4.39 Å². The van der Waals surface area contributed by atoms with Crippen LogP contribution in [0.2, 0.25) is 0 Å². The van der Waals surface area contributed by atoms with Crippen LogP contribution in [0, 0.1) is 12.7 Å². The van der Waals surface area contributed by atoms with Crippen LogP contribution in [-0.2, 0) is 9.59 Å². The molecule has 0 fully saturated rings. The number of fused-ring (bicyclic) bond motifs is 1. The van der Waals surface area contributed by atoms with Crippen LogP contribution in [0.5, 0.6) is 0 Å². The van der Waals surface area contributed by atoms with Crippen LogP contribution < -0.4 is 5.32 Å². The number of para-hydroxylation sites is 1. The van der Waals surface area contributed by atoms with Crippen LogP contribution in [0.15, 0.2) is 48.5 Å². The van der Waals surface area contributed by atoms with Gasteiger partial charge in [0, 0.05) is 34.8 Å². The molecular formula is C20H17FN2O2. The molecule has 0 aliphatic rings. The van der Waals surface area contributed by atoms with Gasteiger partial charge in [-0.15, -0.1) is 0 Å². The van der Waals surface area contributed by atoms with Crippen molar-refractivity contribution in [3.05, 3.63) is 71.2 Å². The van der Waals surface area contributed by atoms with Crippen molar-refractivity contribution < 1.29 is 14.0 Å². The topological polar surface area (TPSA) is 62.0 Å². The first-order valence-electron chi connectivity index (χ1n) is 7.82. The number of carbonyl (C=O) groups is 2. The van der Waals surface area contributed by atoms with E-state index in [2.05, 4.69) is 10.3 Å². The second-order valence-electron chi connectivity index (χ2n) is 5.66. The summed E-state index contributed by atoms with van der Waals surface area (Å²) in [5, 5.41) is 3.44. The van der Waals surface area contributed by atoms with Gasteiger partial charge in [-0.1, -0.05) is 30.3 Å². The highest BCUT2D eigenvalue weighted by molar-refractivity contribution is 6.37. The largest absolute Gasteiger partial charge is 0.358 e. The van der Waals surface area contributed by atoms with Crippen molar-refractivity contribution in [1.29, 1.82) is 0 Å². The van der Waals surface area contributed by atoms with Gasteiger partial charge in [0.05, 0.1) is 5.57 Å². The summed E-state index contributed by atoms with van der Waals surface area (Å²) < 4.78 is 13.2. The molecule has 0 aliphatic heterocycles. The third-order valence-electron chi connectivity index (χ3n) is 4.14. The molecule has 0 aliphatic carbocycles. The van der Waals surface area contributed by atoms with Crippen LogP contribution in [0.25, 0.3) is 22.0 Å². The third-order valence-corrected chi connectivity index (χ3v) is 4.14. The molecule has 1 heterocycles. The lowest BCUT2D eigenvalue weighted by atomic mass is 9.93. The highest BCUT2D eigenvalue weighted by Gasteiger charge is 2.23. The van der Waals surface area contributed by atoms with Gasteiger partial charge >= 0.3 is 0 Å². The molecule has 0 spiro atoms. The quantitative estimate of drug-likeness (QED) is 0.566. The Morgan fingerprint density at radius 2 is 1.80 bits per heavy atom. The van der Waals surface area contributed by atoms with E-state index in [0.29, 0.717) is 17.4 Å². The molecule has 1 aromatic heterocycles. The summed E-state index contributed by atoms with van der Waals surface area (Å²) in [5.41, 5.74) is 3.29. The first kappa shape index (κ1) is 16.6. The lowest BCUT2D eigenvalue weighted by molar-refractivity contribution is -0.115. The summed E-state index contributed by atoms with van der Waals surface area (Å²) in [6.45, 7) is 1.85. The molecule has 126 valence electrons. The zero-order chi connectivity index (χ0) is 18.0. The van der Waals surface area contributed by atoms with Gasteiger partial charge in [0.25, 0.3) is 5.91 Å². The maximum absolute atomic E-state index is 13.2. The smallest absolute Gasteiger partial charge is 0.252 e. The predicted octanol–water partition coefficient (Wildman–Crippen LogP) is 3.47. The van der Waals surface area contributed by atoms with Gasteiger partial charge in [-0.3, -0.25) is 9.59 Å². The number of hydrogen-bond donors (Lipinski definition) is 2.